The van der Waals surface area contributed by atoms with Crippen LogP contribution in [0, 0.1) is 0 Å². The zero-order chi connectivity index (χ0) is 24.2. The normalized spacial score (nSPS) is 12.9. The van der Waals surface area contributed by atoms with Gasteiger partial charge in [-0.05, 0) is 47.9 Å². The van der Waals surface area contributed by atoms with E-state index >= 15 is 0 Å². The molecule has 34 heavy (non-hydrogen) atoms. The van der Waals surface area contributed by atoms with Gasteiger partial charge in [-0.15, -0.1) is 0 Å². The number of hydrogen-bond donors (Lipinski definition) is 3. The van der Waals surface area contributed by atoms with Crippen LogP contribution in [-0.2, 0) is 19.1 Å². The smallest absolute Gasteiger partial charge is 0.407 e. The first-order valence-corrected chi connectivity index (χ1v) is 11.7. The molecule has 182 valence electrons. The lowest BCUT2D eigenvalue weighted by Crippen LogP contribution is -2.44. The number of carbonyl (C=O) groups is 3. The van der Waals surface area contributed by atoms with E-state index in [1.54, 1.807) is 0 Å². The third-order valence-corrected chi connectivity index (χ3v) is 5.88. The first-order chi connectivity index (χ1) is 16.7. The Balaban J connectivity index is 1.54. The largest absolute Gasteiger partial charge is 0.464 e. The summed E-state index contributed by atoms with van der Waals surface area (Å²) in [7, 11) is 0. The molecule has 3 N–H and O–H groups in total. The molecule has 2 aromatic rings. The molecule has 0 radical (unpaired) electrons. The molecular weight excluding hydrogens is 436 g/mol. The molecule has 2 amide bonds. The van der Waals surface area contributed by atoms with Crippen molar-refractivity contribution >= 4 is 18.5 Å². The van der Waals surface area contributed by atoms with Crippen molar-refractivity contribution in [3.05, 3.63) is 59.7 Å². The second-order valence-electron chi connectivity index (χ2n) is 8.19. The summed E-state index contributed by atoms with van der Waals surface area (Å²) in [6.45, 7) is 0.729. The average Bonchev–Trinajstić information content (AvgIpc) is 3.18. The number of aliphatic hydroxyl groups is 1. The van der Waals surface area contributed by atoms with Gasteiger partial charge >= 0.3 is 12.1 Å². The Morgan fingerprint density at radius 3 is 2.24 bits per heavy atom. The molecular formula is C26H32N2O6. The molecule has 0 fully saturated rings. The fourth-order valence-corrected chi connectivity index (χ4v) is 4.16. The van der Waals surface area contributed by atoms with Gasteiger partial charge in [-0.2, -0.15) is 0 Å². The Kier molecular flexibility index (Phi) is 9.91. The lowest BCUT2D eigenvalue weighted by molar-refractivity contribution is -0.146. The van der Waals surface area contributed by atoms with Gasteiger partial charge in [0.1, 0.15) is 12.6 Å². The highest BCUT2D eigenvalue weighted by molar-refractivity contribution is 5.82. The summed E-state index contributed by atoms with van der Waals surface area (Å²) in [6.07, 6.45) is 3.11. The molecule has 0 spiro atoms. The van der Waals surface area contributed by atoms with Crippen LogP contribution in [0.5, 0.6) is 0 Å². The average molecular weight is 469 g/mol. The van der Waals surface area contributed by atoms with E-state index in [2.05, 4.69) is 22.8 Å². The number of ether oxygens (including phenoxy) is 2. The van der Waals surface area contributed by atoms with Crippen molar-refractivity contribution in [1.82, 2.24) is 10.6 Å². The highest BCUT2D eigenvalue weighted by Gasteiger charge is 2.30. The second kappa shape index (κ2) is 13.3. The molecule has 0 aromatic heterocycles. The number of hydrogen-bond acceptors (Lipinski definition) is 6. The predicted octanol–water partition coefficient (Wildman–Crippen LogP) is 3.13. The first kappa shape index (κ1) is 25.2. The molecule has 1 aliphatic carbocycles. The van der Waals surface area contributed by atoms with Crippen molar-refractivity contribution in [2.45, 2.75) is 44.1 Å². The topological polar surface area (TPSA) is 114 Å². The quantitative estimate of drug-likeness (QED) is 0.223. The van der Waals surface area contributed by atoms with Crippen LogP contribution >= 0.6 is 0 Å². The number of rotatable bonds is 14. The number of fused-ring (bicyclic) bond motifs is 3. The van der Waals surface area contributed by atoms with Crippen LogP contribution in [0.25, 0.3) is 11.1 Å². The summed E-state index contributed by atoms with van der Waals surface area (Å²) in [5, 5.41) is 13.9. The minimum absolute atomic E-state index is 0.0841. The van der Waals surface area contributed by atoms with E-state index in [0.717, 1.165) is 41.5 Å². The molecule has 0 heterocycles. The molecule has 0 saturated heterocycles. The van der Waals surface area contributed by atoms with E-state index in [-0.39, 0.29) is 38.7 Å². The molecule has 0 bridgehead atoms. The highest BCUT2D eigenvalue weighted by atomic mass is 16.6. The molecule has 0 aliphatic heterocycles. The van der Waals surface area contributed by atoms with Crippen LogP contribution in [0.2, 0.25) is 0 Å². The zero-order valence-electron chi connectivity index (χ0n) is 19.2. The number of esters is 1. The van der Waals surface area contributed by atoms with E-state index in [0.29, 0.717) is 12.8 Å². The van der Waals surface area contributed by atoms with Gasteiger partial charge in [-0.25, -0.2) is 9.59 Å². The summed E-state index contributed by atoms with van der Waals surface area (Å²) in [4.78, 5) is 35.6. The minimum Gasteiger partial charge on any atom is -0.464 e. The first-order valence-electron chi connectivity index (χ1n) is 11.7. The van der Waals surface area contributed by atoms with Gasteiger partial charge in [-0.1, -0.05) is 55.0 Å². The molecule has 3 rings (SSSR count). The lowest BCUT2D eigenvalue weighted by Gasteiger charge is -2.19. The summed E-state index contributed by atoms with van der Waals surface area (Å²) in [6, 6.07) is 15.2. The Labute approximate surface area is 199 Å². The van der Waals surface area contributed by atoms with Crippen molar-refractivity contribution < 1.29 is 29.0 Å². The van der Waals surface area contributed by atoms with Crippen molar-refractivity contribution in [2.75, 3.05) is 26.4 Å². The van der Waals surface area contributed by atoms with Gasteiger partial charge in [0.15, 0.2) is 0 Å². The summed E-state index contributed by atoms with van der Waals surface area (Å²) in [5.74, 6) is -0.650. The Morgan fingerprint density at radius 2 is 1.59 bits per heavy atom. The van der Waals surface area contributed by atoms with Crippen LogP contribution in [0.4, 0.5) is 4.79 Å². The van der Waals surface area contributed by atoms with Gasteiger partial charge in [0, 0.05) is 19.1 Å². The minimum atomic E-state index is -0.930. The number of carbonyl (C=O) groups excluding carboxylic acids is 3. The number of alkyl carbamates (subject to hydrolysis) is 1. The number of benzene rings is 2. The number of aliphatic hydroxyl groups excluding tert-OH is 1. The van der Waals surface area contributed by atoms with E-state index < -0.39 is 18.1 Å². The van der Waals surface area contributed by atoms with E-state index in [9.17, 15) is 14.4 Å². The van der Waals surface area contributed by atoms with Crippen molar-refractivity contribution in [3.63, 3.8) is 0 Å². The highest BCUT2D eigenvalue weighted by Crippen LogP contribution is 2.44. The summed E-state index contributed by atoms with van der Waals surface area (Å²) in [5.41, 5.74) is 4.47. The fraction of sp³-hybridized carbons (Fsp3) is 0.423. The van der Waals surface area contributed by atoms with E-state index in [1.165, 1.54) is 0 Å². The van der Waals surface area contributed by atoms with Gasteiger partial charge in [0.05, 0.1) is 6.61 Å². The Hall–Kier alpha value is -3.39. The maximum atomic E-state index is 12.6. The molecule has 8 heteroatoms. The molecule has 8 nitrogen and oxygen atoms in total. The van der Waals surface area contributed by atoms with Crippen molar-refractivity contribution in [1.29, 1.82) is 0 Å². The van der Waals surface area contributed by atoms with Crippen molar-refractivity contribution in [3.8, 4) is 11.1 Å². The maximum absolute atomic E-state index is 12.6. The maximum Gasteiger partial charge on any atom is 0.407 e. The van der Waals surface area contributed by atoms with E-state index in [1.807, 2.05) is 36.4 Å². The Bertz CT molecular complexity index is 918. The number of unbranched alkanes of at least 4 members (excludes halogenated alkanes) is 3. The molecule has 1 unspecified atom stereocenters. The SMILES string of the molecule is O=CNCCC(NC(=O)OCC1c2ccccc2-c2ccccc21)C(=O)OCCCCCCO. The second-order valence-corrected chi connectivity index (χ2v) is 8.19. The molecule has 2 aromatic carbocycles. The number of nitrogens with one attached hydrogen (secondary N) is 2. The van der Waals surface area contributed by atoms with Crippen LogP contribution in [0.15, 0.2) is 48.5 Å². The van der Waals surface area contributed by atoms with Crippen molar-refractivity contribution in [2.24, 2.45) is 0 Å². The monoisotopic (exact) mass is 468 g/mol. The van der Waals surface area contributed by atoms with Gasteiger partial charge in [0.2, 0.25) is 6.41 Å². The third-order valence-electron chi connectivity index (χ3n) is 5.88. The van der Waals surface area contributed by atoms with Gasteiger partial charge in [0.25, 0.3) is 0 Å². The molecule has 1 atom stereocenters. The summed E-state index contributed by atoms with van der Waals surface area (Å²) < 4.78 is 10.8. The lowest BCUT2D eigenvalue weighted by atomic mass is 9.98. The molecule has 1 aliphatic rings. The summed E-state index contributed by atoms with van der Waals surface area (Å²) >= 11 is 0. The van der Waals surface area contributed by atoms with Crippen LogP contribution in [-0.4, -0.2) is 56.0 Å². The fourth-order valence-electron chi connectivity index (χ4n) is 4.16. The van der Waals surface area contributed by atoms with Gasteiger partial charge < -0.3 is 25.2 Å². The molecule has 0 saturated carbocycles. The number of amides is 2. The predicted molar refractivity (Wildman–Crippen MR) is 127 cm³/mol. The Morgan fingerprint density at radius 1 is 0.941 bits per heavy atom. The van der Waals surface area contributed by atoms with Crippen LogP contribution in [0.1, 0.15) is 49.1 Å². The third kappa shape index (κ3) is 6.81. The standard InChI is InChI=1S/C26H32N2O6/c29-15-7-1-2-8-16-33-25(31)24(13-14-27-18-30)28-26(32)34-17-23-21-11-5-3-9-19(21)20-10-4-6-12-22(20)23/h3-6,9-12,18,23-24,29H,1-2,7-8,13-17H2,(H,27,30)(H,28,32). The van der Waals surface area contributed by atoms with Gasteiger partial charge in [-0.3, -0.25) is 4.79 Å². The van der Waals surface area contributed by atoms with Crippen LogP contribution in [0.3, 0.4) is 0 Å². The zero-order valence-corrected chi connectivity index (χ0v) is 19.2. The van der Waals surface area contributed by atoms with E-state index in [4.69, 9.17) is 14.6 Å². The van der Waals surface area contributed by atoms with Crippen LogP contribution < -0.4 is 10.6 Å².